The van der Waals surface area contributed by atoms with Crippen molar-refractivity contribution in [2.45, 2.75) is 142 Å². The van der Waals surface area contributed by atoms with Crippen LogP contribution in [0.3, 0.4) is 0 Å². The molecule has 4 heteroatoms. The number of rotatable bonds is 24. The summed E-state index contributed by atoms with van der Waals surface area (Å²) in [5.41, 5.74) is 1.17. The Kier molecular flexibility index (Phi) is 30.1. The smallest absolute Gasteiger partial charge is 0.513 e. The van der Waals surface area contributed by atoms with E-state index in [1.165, 1.54) is 116 Å². The van der Waals surface area contributed by atoms with Gasteiger partial charge in [0, 0.05) is 11.5 Å². The molecule has 0 unspecified atom stereocenters. The molecule has 0 aliphatic carbocycles. The number of hydrogen-bond donors (Lipinski definition) is 0. The zero-order chi connectivity index (χ0) is 26.1. The zero-order valence-corrected chi connectivity index (χ0v) is 25.5. The Labute approximate surface area is 260 Å². The van der Waals surface area contributed by atoms with Gasteiger partial charge in [-0.2, -0.15) is 0 Å². The summed E-state index contributed by atoms with van der Waals surface area (Å²) in [4.78, 5) is 0. The Morgan fingerprint density at radius 1 is 0.474 bits per heavy atom. The van der Waals surface area contributed by atoms with Crippen molar-refractivity contribution < 1.29 is 47.2 Å². The third-order valence-electron chi connectivity index (χ3n) is 6.86. The first kappa shape index (κ1) is 39.3. The molecule has 0 aromatic heterocycles. The largest absolute Gasteiger partial charge is 1.00 e. The Morgan fingerprint density at radius 2 is 0.737 bits per heavy atom. The second kappa shape index (κ2) is 29.1. The fourth-order valence-corrected chi connectivity index (χ4v) is 4.54. The van der Waals surface area contributed by atoms with Gasteiger partial charge in [-0.3, -0.25) is 11.8 Å². The molecule has 0 aliphatic rings. The predicted octanol–water partition coefficient (Wildman–Crippen LogP) is 4.17. The van der Waals surface area contributed by atoms with Crippen molar-refractivity contribution in [3.05, 3.63) is 36.1 Å². The molecule has 202 valence electrons. The van der Waals surface area contributed by atoms with Crippen molar-refractivity contribution in [2.24, 2.45) is 0 Å². The van der Waals surface area contributed by atoms with Crippen LogP contribution < -0.4 is 47.2 Å². The fourth-order valence-electron chi connectivity index (χ4n) is 4.54. The molecule has 1 aromatic carbocycles. The molecule has 0 saturated carbocycles. The van der Waals surface area contributed by atoms with Gasteiger partial charge in [-0.1, -0.05) is 141 Å². The Morgan fingerprint density at radius 3 is 1.00 bits per heavy atom. The molecule has 0 amide bonds. The maximum atomic E-state index is 7.67. The van der Waals surface area contributed by atoms with Gasteiger partial charge in [-0.15, -0.1) is 12.1 Å². The van der Waals surface area contributed by atoms with E-state index >= 15 is 0 Å². The molecule has 38 heavy (non-hydrogen) atoms. The monoisotopic (exact) mass is 506 g/mol. The normalized spacial score (nSPS) is 10.1. The van der Waals surface area contributed by atoms with Gasteiger partial charge in [0.2, 0.25) is 0 Å². The van der Waals surface area contributed by atoms with Crippen LogP contribution in [-0.2, 0) is 0 Å². The minimum absolute atomic E-state index is 0. The Balaban J connectivity index is 0. The van der Waals surface area contributed by atoms with Crippen LogP contribution in [0.2, 0.25) is 0 Å². The van der Waals surface area contributed by atoms with Crippen molar-refractivity contribution in [3.8, 4) is 23.3 Å². The van der Waals surface area contributed by atoms with Gasteiger partial charge in [0.05, 0.1) is 13.2 Å². The van der Waals surface area contributed by atoms with Gasteiger partial charge in [0.15, 0.2) is 0 Å². The molecule has 0 N–H and O–H groups in total. The van der Waals surface area contributed by atoms with E-state index in [2.05, 4.69) is 25.7 Å². The average molecular weight is 507 g/mol. The van der Waals surface area contributed by atoms with Crippen molar-refractivity contribution in [1.82, 2.24) is 0 Å². The van der Waals surface area contributed by atoms with Crippen LogP contribution in [0.15, 0.2) is 12.1 Å². The molecule has 0 radical (unpaired) electrons. The SMILES string of the molecule is [C-]#Cc1cc(OCCCCCCCCCCCC)c(C#[C-])cc1OCCCCCCCCCCCC.[Li+].[Li+]. The van der Waals surface area contributed by atoms with E-state index in [9.17, 15) is 0 Å². The van der Waals surface area contributed by atoms with E-state index in [-0.39, 0.29) is 37.7 Å². The first-order valence-electron chi connectivity index (χ1n) is 15.1. The maximum absolute atomic E-state index is 7.67. The van der Waals surface area contributed by atoms with Crippen LogP contribution in [0.5, 0.6) is 11.5 Å². The van der Waals surface area contributed by atoms with E-state index in [4.69, 9.17) is 22.3 Å². The minimum Gasteiger partial charge on any atom is -0.513 e. The molecule has 1 aromatic rings. The van der Waals surface area contributed by atoms with Crippen molar-refractivity contribution in [1.29, 1.82) is 0 Å². The molecule has 0 saturated heterocycles. The molecule has 2 nitrogen and oxygen atoms in total. The zero-order valence-electron chi connectivity index (χ0n) is 25.5. The molecule has 1 rings (SSSR count). The molecule has 0 atom stereocenters. The summed E-state index contributed by atoms with van der Waals surface area (Å²) in [5, 5.41) is 0. The summed E-state index contributed by atoms with van der Waals surface area (Å²) in [5.74, 6) is 6.15. The van der Waals surface area contributed by atoms with Gasteiger partial charge in [-0.05, 0) is 12.8 Å². The molecule has 0 bridgehead atoms. The van der Waals surface area contributed by atoms with E-state index in [1.807, 2.05) is 0 Å². The van der Waals surface area contributed by atoms with Crippen LogP contribution >= 0.6 is 0 Å². The second-order valence-corrected chi connectivity index (χ2v) is 10.2. The quantitative estimate of drug-likeness (QED) is 0.0907. The average Bonchev–Trinajstić information content (AvgIpc) is 2.90. The molecular formula is C34H52Li2O2. The first-order valence-corrected chi connectivity index (χ1v) is 15.1. The van der Waals surface area contributed by atoms with Crippen LogP contribution in [0.1, 0.15) is 153 Å². The van der Waals surface area contributed by atoms with Gasteiger partial charge >= 0.3 is 37.7 Å². The molecule has 0 spiro atoms. The Bertz CT molecular complexity index is 684. The summed E-state index contributed by atoms with van der Waals surface area (Å²) in [6, 6.07) is 3.54. The first-order chi connectivity index (χ1) is 17.8. The van der Waals surface area contributed by atoms with Gasteiger partial charge in [0.1, 0.15) is 0 Å². The maximum Gasteiger partial charge on any atom is 1.00 e. The fraction of sp³-hybridized carbons (Fsp3) is 0.706. The van der Waals surface area contributed by atoms with E-state index in [0.717, 1.165) is 12.8 Å². The van der Waals surface area contributed by atoms with Crippen molar-refractivity contribution in [2.75, 3.05) is 13.2 Å². The number of ether oxygens (including phenoxy) is 2. The third kappa shape index (κ3) is 20.1. The standard InChI is InChI=1S/C34H52O2.2Li/c1-5-9-11-13-15-17-19-21-23-25-27-35-33-29-32(8-4)34(30-31(33)7-3)36-28-26-24-22-20-18-16-14-12-10-6-2;;/h29-30H,5-6,9-28H2,1-2H3;;/q-2;2*+1. The number of benzene rings is 1. The summed E-state index contributed by atoms with van der Waals surface area (Å²) in [6.45, 7) is 5.78. The predicted molar refractivity (Wildman–Crippen MR) is 154 cm³/mol. The van der Waals surface area contributed by atoms with Gasteiger partial charge in [0.25, 0.3) is 0 Å². The van der Waals surface area contributed by atoms with Crippen LogP contribution in [0.4, 0.5) is 0 Å². The molecular weight excluding hydrogens is 454 g/mol. The molecule has 0 aliphatic heterocycles. The summed E-state index contributed by atoms with van der Waals surface area (Å²) < 4.78 is 11.9. The third-order valence-corrected chi connectivity index (χ3v) is 6.86. The number of unbranched alkanes of at least 4 members (excludes halogenated alkanes) is 18. The second-order valence-electron chi connectivity index (χ2n) is 10.2. The van der Waals surface area contributed by atoms with Gasteiger partial charge < -0.3 is 22.3 Å². The summed E-state index contributed by atoms with van der Waals surface area (Å²) >= 11 is 0. The molecule has 0 heterocycles. The topological polar surface area (TPSA) is 18.5 Å². The summed E-state index contributed by atoms with van der Waals surface area (Å²) in [7, 11) is 0. The van der Waals surface area contributed by atoms with E-state index in [0.29, 0.717) is 35.8 Å². The van der Waals surface area contributed by atoms with E-state index < -0.39 is 0 Å². The Hall–Kier alpha value is -0.865. The minimum atomic E-state index is 0. The molecule has 0 fully saturated rings. The van der Waals surface area contributed by atoms with Crippen LogP contribution in [0.25, 0.3) is 0 Å². The number of hydrogen-bond acceptors (Lipinski definition) is 2. The van der Waals surface area contributed by atoms with Gasteiger partial charge in [-0.25, -0.2) is 0 Å². The summed E-state index contributed by atoms with van der Waals surface area (Å²) in [6.07, 6.45) is 41.1. The van der Waals surface area contributed by atoms with Crippen LogP contribution in [0, 0.1) is 24.7 Å². The van der Waals surface area contributed by atoms with Crippen molar-refractivity contribution >= 4 is 0 Å². The van der Waals surface area contributed by atoms with E-state index in [1.54, 1.807) is 12.1 Å². The van der Waals surface area contributed by atoms with Crippen LogP contribution in [-0.4, -0.2) is 13.2 Å². The van der Waals surface area contributed by atoms with Crippen molar-refractivity contribution in [3.63, 3.8) is 0 Å².